The van der Waals surface area contributed by atoms with Gasteiger partial charge in [-0.05, 0) is 31.5 Å². The minimum absolute atomic E-state index is 0.0710. The molecular weight excluding hydrogens is 247 g/mol. The first kappa shape index (κ1) is 13.8. The molecule has 0 aromatic heterocycles. The van der Waals surface area contributed by atoms with Gasteiger partial charge in [0, 0.05) is 12.5 Å². The van der Waals surface area contributed by atoms with Gasteiger partial charge in [0.15, 0.2) is 0 Å². The molecule has 2 atom stereocenters. The SMILES string of the molecule is CCC1CNCCC1(Nc1ccccc1F)C(=O)O. The average Bonchev–Trinajstić information content (AvgIpc) is 2.41. The summed E-state index contributed by atoms with van der Waals surface area (Å²) in [4.78, 5) is 11.7. The molecule has 19 heavy (non-hydrogen) atoms. The summed E-state index contributed by atoms with van der Waals surface area (Å²) in [6.07, 6.45) is 1.16. The second kappa shape index (κ2) is 5.57. The first-order chi connectivity index (χ1) is 9.10. The molecule has 1 aromatic carbocycles. The Morgan fingerprint density at radius 3 is 2.95 bits per heavy atom. The highest BCUT2D eigenvalue weighted by Crippen LogP contribution is 2.32. The zero-order valence-corrected chi connectivity index (χ0v) is 10.9. The van der Waals surface area contributed by atoms with Crippen LogP contribution in [0.15, 0.2) is 24.3 Å². The molecule has 1 saturated heterocycles. The largest absolute Gasteiger partial charge is 0.479 e. The average molecular weight is 266 g/mol. The van der Waals surface area contributed by atoms with Crippen molar-refractivity contribution in [3.05, 3.63) is 30.1 Å². The van der Waals surface area contributed by atoms with Crippen LogP contribution in [-0.4, -0.2) is 29.7 Å². The van der Waals surface area contributed by atoms with Crippen molar-refractivity contribution in [1.29, 1.82) is 0 Å². The van der Waals surface area contributed by atoms with Gasteiger partial charge in [0.2, 0.25) is 0 Å². The maximum atomic E-state index is 13.7. The van der Waals surface area contributed by atoms with E-state index in [0.29, 0.717) is 19.5 Å². The van der Waals surface area contributed by atoms with Crippen LogP contribution < -0.4 is 10.6 Å². The van der Waals surface area contributed by atoms with Gasteiger partial charge in [-0.3, -0.25) is 0 Å². The lowest BCUT2D eigenvalue weighted by Gasteiger charge is -2.42. The van der Waals surface area contributed by atoms with Gasteiger partial charge >= 0.3 is 5.97 Å². The molecule has 2 rings (SSSR count). The second-order valence-electron chi connectivity index (χ2n) is 4.94. The van der Waals surface area contributed by atoms with Crippen LogP contribution >= 0.6 is 0 Å². The molecule has 5 heteroatoms. The van der Waals surface area contributed by atoms with Crippen molar-refractivity contribution in [2.75, 3.05) is 18.4 Å². The molecule has 0 saturated carbocycles. The molecule has 4 nitrogen and oxygen atoms in total. The van der Waals surface area contributed by atoms with Crippen molar-refractivity contribution in [3.8, 4) is 0 Å². The van der Waals surface area contributed by atoms with Gasteiger partial charge in [-0.25, -0.2) is 9.18 Å². The third kappa shape index (κ3) is 2.56. The van der Waals surface area contributed by atoms with Crippen LogP contribution in [0.25, 0.3) is 0 Å². The van der Waals surface area contributed by atoms with Crippen LogP contribution in [0.5, 0.6) is 0 Å². The second-order valence-corrected chi connectivity index (χ2v) is 4.94. The van der Waals surface area contributed by atoms with Crippen LogP contribution in [0, 0.1) is 11.7 Å². The van der Waals surface area contributed by atoms with Crippen molar-refractivity contribution >= 4 is 11.7 Å². The molecule has 104 valence electrons. The number of benzene rings is 1. The summed E-state index contributed by atoms with van der Waals surface area (Å²) in [5.41, 5.74) is -0.840. The lowest BCUT2D eigenvalue weighted by molar-refractivity contribution is -0.145. The van der Waals surface area contributed by atoms with E-state index in [0.717, 1.165) is 6.42 Å². The molecule has 0 aliphatic carbocycles. The van der Waals surface area contributed by atoms with Gasteiger partial charge in [-0.15, -0.1) is 0 Å². The Balaban J connectivity index is 2.34. The zero-order valence-electron chi connectivity index (χ0n) is 10.9. The van der Waals surface area contributed by atoms with E-state index in [1.54, 1.807) is 18.2 Å². The van der Waals surface area contributed by atoms with E-state index >= 15 is 0 Å². The maximum absolute atomic E-state index is 13.7. The summed E-state index contributed by atoms with van der Waals surface area (Å²) in [6, 6.07) is 6.20. The van der Waals surface area contributed by atoms with E-state index in [1.165, 1.54) is 6.07 Å². The van der Waals surface area contributed by atoms with Crippen LogP contribution in [-0.2, 0) is 4.79 Å². The number of hydrogen-bond acceptors (Lipinski definition) is 3. The van der Waals surface area contributed by atoms with Crippen LogP contribution in [0.2, 0.25) is 0 Å². The summed E-state index contributed by atoms with van der Waals surface area (Å²) in [5.74, 6) is -1.40. The van der Waals surface area contributed by atoms with E-state index in [4.69, 9.17) is 0 Å². The Morgan fingerprint density at radius 2 is 2.32 bits per heavy atom. The Labute approximate surface area is 112 Å². The lowest BCUT2D eigenvalue weighted by Crippen LogP contribution is -2.60. The van der Waals surface area contributed by atoms with E-state index in [2.05, 4.69) is 10.6 Å². The van der Waals surface area contributed by atoms with Crippen molar-refractivity contribution in [2.45, 2.75) is 25.3 Å². The Kier molecular flexibility index (Phi) is 4.04. The summed E-state index contributed by atoms with van der Waals surface area (Å²) in [6.45, 7) is 3.20. The van der Waals surface area contributed by atoms with Gasteiger partial charge in [0.25, 0.3) is 0 Å². The van der Waals surface area contributed by atoms with E-state index in [9.17, 15) is 14.3 Å². The predicted molar refractivity (Wildman–Crippen MR) is 71.7 cm³/mol. The lowest BCUT2D eigenvalue weighted by atomic mass is 9.76. The predicted octanol–water partition coefficient (Wildman–Crippen LogP) is 2.08. The van der Waals surface area contributed by atoms with Crippen molar-refractivity contribution in [1.82, 2.24) is 5.32 Å². The summed E-state index contributed by atoms with van der Waals surface area (Å²) in [5, 5.41) is 15.8. The summed E-state index contributed by atoms with van der Waals surface area (Å²) < 4.78 is 13.7. The van der Waals surface area contributed by atoms with Gasteiger partial charge in [-0.2, -0.15) is 0 Å². The fourth-order valence-corrected chi connectivity index (χ4v) is 2.74. The molecule has 0 amide bonds. The highest BCUT2D eigenvalue weighted by Gasteiger charge is 2.46. The molecule has 1 aliphatic heterocycles. The minimum atomic E-state index is -1.10. The number of halogens is 1. The molecule has 0 spiro atoms. The Morgan fingerprint density at radius 1 is 1.58 bits per heavy atom. The van der Waals surface area contributed by atoms with E-state index in [-0.39, 0.29) is 11.6 Å². The molecule has 3 N–H and O–H groups in total. The minimum Gasteiger partial charge on any atom is -0.479 e. The highest BCUT2D eigenvalue weighted by molar-refractivity contribution is 5.83. The maximum Gasteiger partial charge on any atom is 0.329 e. The van der Waals surface area contributed by atoms with E-state index in [1.807, 2.05) is 6.92 Å². The smallest absolute Gasteiger partial charge is 0.329 e. The Hall–Kier alpha value is -1.62. The fraction of sp³-hybridized carbons (Fsp3) is 0.500. The molecule has 2 unspecified atom stereocenters. The number of carboxylic acids is 1. The van der Waals surface area contributed by atoms with Crippen molar-refractivity contribution in [3.63, 3.8) is 0 Å². The topological polar surface area (TPSA) is 61.4 Å². The summed E-state index contributed by atoms with van der Waals surface area (Å²) >= 11 is 0. The molecule has 1 fully saturated rings. The Bertz CT molecular complexity index is 467. The first-order valence-electron chi connectivity index (χ1n) is 6.57. The fourth-order valence-electron chi connectivity index (χ4n) is 2.74. The normalized spacial score (nSPS) is 26.9. The standard InChI is InChI=1S/C14H19FN2O2/c1-2-10-9-16-8-7-14(10,13(18)19)17-12-6-4-3-5-11(12)15/h3-6,10,16-17H,2,7-9H2,1H3,(H,18,19). The van der Waals surface area contributed by atoms with Gasteiger partial charge in [0.05, 0.1) is 5.69 Å². The van der Waals surface area contributed by atoms with Crippen LogP contribution in [0.4, 0.5) is 10.1 Å². The van der Waals surface area contributed by atoms with Gasteiger partial charge in [0.1, 0.15) is 11.4 Å². The number of aliphatic carboxylic acids is 1. The zero-order chi connectivity index (χ0) is 13.9. The third-order valence-electron chi connectivity index (χ3n) is 3.89. The summed E-state index contributed by atoms with van der Waals surface area (Å²) in [7, 11) is 0. The number of anilines is 1. The highest BCUT2D eigenvalue weighted by atomic mass is 19.1. The van der Waals surface area contributed by atoms with E-state index < -0.39 is 17.3 Å². The molecule has 0 bridgehead atoms. The number of piperidine rings is 1. The van der Waals surface area contributed by atoms with Crippen LogP contribution in [0.3, 0.4) is 0 Å². The van der Waals surface area contributed by atoms with Crippen molar-refractivity contribution < 1.29 is 14.3 Å². The first-order valence-corrected chi connectivity index (χ1v) is 6.57. The number of carboxylic acid groups (broad SMARTS) is 1. The molecule has 0 radical (unpaired) electrons. The quantitative estimate of drug-likeness (QED) is 0.781. The van der Waals surface area contributed by atoms with Crippen LogP contribution in [0.1, 0.15) is 19.8 Å². The number of para-hydroxylation sites is 1. The molecule has 1 aliphatic rings. The number of carbonyl (C=O) groups is 1. The molecule has 1 heterocycles. The number of nitrogens with one attached hydrogen (secondary N) is 2. The van der Waals surface area contributed by atoms with Gasteiger partial charge in [-0.1, -0.05) is 19.1 Å². The number of rotatable bonds is 4. The van der Waals surface area contributed by atoms with Crippen molar-refractivity contribution in [2.24, 2.45) is 5.92 Å². The van der Waals surface area contributed by atoms with Gasteiger partial charge < -0.3 is 15.7 Å². The third-order valence-corrected chi connectivity index (χ3v) is 3.89. The number of hydrogen-bond donors (Lipinski definition) is 3. The monoisotopic (exact) mass is 266 g/mol. The molecule has 1 aromatic rings. The molecular formula is C14H19FN2O2.